The Morgan fingerprint density at radius 3 is 2.68 bits per heavy atom. The molecular formula is C15H11ClFN3O2. The molecule has 7 heteroatoms. The number of carbonyl (C=O) groups excluding carboxylic acids is 1. The first-order valence-corrected chi connectivity index (χ1v) is 6.85. The highest BCUT2D eigenvalue weighted by molar-refractivity contribution is 6.30. The van der Waals surface area contributed by atoms with Gasteiger partial charge in [0.2, 0.25) is 0 Å². The van der Waals surface area contributed by atoms with E-state index < -0.39 is 11.7 Å². The lowest BCUT2D eigenvalue weighted by Gasteiger charge is -2.06. The fourth-order valence-corrected chi connectivity index (χ4v) is 2.23. The number of hydrogen-bond donors (Lipinski definition) is 3. The van der Waals surface area contributed by atoms with Crippen molar-refractivity contribution >= 4 is 28.5 Å². The Morgan fingerprint density at radius 2 is 1.91 bits per heavy atom. The molecule has 0 fully saturated rings. The largest absolute Gasteiger partial charge is 0.348 e. The molecule has 0 saturated heterocycles. The SMILES string of the molecule is O=C(NCc1ccc2[nH]c(=O)[nH]c2c1)c1ccc(Cl)c(F)c1. The van der Waals surface area contributed by atoms with Crippen molar-refractivity contribution in [3.8, 4) is 0 Å². The summed E-state index contributed by atoms with van der Waals surface area (Å²) in [6.07, 6.45) is 0. The first-order valence-electron chi connectivity index (χ1n) is 6.47. The van der Waals surface area contributed by atoms with Gasteiger partial charge in [0.25, 0.3) is 5.91 Å². The minimum atomic E-state index is -0.638. The standard InChI is InChI=1S/C15H11ClFN3O2/c16-10-3-2-9(6-11(10)17)14(21)18-7-8-1-4-12-13(5-8)20-15(22)19-12/h1-6H,7H2,(H,18,21)(H2,19,20,22). The van der Waals surface area contributed by atoms with Gasteiger partial charge in [-0.05, 0) is 35.9 Å². The summed E-state index contributed by atoms with van der Waals surface area (Å²) in [7, 11) is 0. The van der Waals surface area contributed by atoms with Crippen molar-refractivity contribution in [1.82, 2.24) is 15.3 Å². The van der Waals surface area contributed by atoms with Crippen LogP contribution in [0.3, 0.4) is 0 Å². The average molecular weight is 320 g/mol. The fourth-order valence-electron chi connectivity index (χ4n) is 2.11. The Labute approximate surface area is 129 Å². The Kier molecular flexibility index (Phi) is 3.68. The van der Waals surface area contributed by atoms with E-state index in [0.29, 0.717) is 11.0 Å². The van der Waals surface area contributed by atoms with Gasteiger partial charge in [0.1, 0.15) is 5.82 Å². The number of carbonyl (C=O) groups is 1. The van der Waals surface area contributed by atoms with E-state index in [9.17, 15) is 14.0 Å². The summed E-state index contributed by atoms with van der Waals surface area (Å²) in [5.41, 5.74) is 2.07. The maximum absolute atomic E-state index is 13.3. The van der Waals surface area contributed by atoms with Crippen LogP contribution >= 0.6 is 11.6 Å². The van der Waals surface area contributed by atoms with E-state index >= 15 is 0 Å². The molecule has 0 bridgehead atoms. The molecule has 0 aliphatic rings. The van der Waals surface area contributed by atoms with Crippen LogP contribution in [0.15, 0.2) is 41.2 Å². The van der Waals surface area contributed by atoms with Crippen LogP contribution in [0.5, 0.6) is 0 Å². The molecule has 0 spiro atoms. The molecule has 112 valence electrons. The number of aromatic nitrogens is 2. The summed E-state index contributed by atoms with van der Waals surface area (Å²) >= 11 is 5.58. The third-order valence-corrected chi connectivity index (χ3v) is 3.52. The number of amides is 1. The lowest BCUT2D eigenvalue weighted by atomic mass is 10.1. The number of nitrogens with one attached hydrogen (secondary N) is 3. The van der Waals surface area contributed by atoms with Crippen molar-refractivity contribution in [3.63, 3.8) is 0 Å². The van der Waals surface area contributed by atoms with Gasteiger partial charge < -0.3 is 15.3 Å². The highest BCUT2D eigenvalue weighted by atomic mass is 35.5. The summed E-state index contributed by atoms with van der Waals surface area (Å²) < 4.78 is 13.3. The highest BCUT2D eigenvalue weighted by Gasteiger charge is 2.09. The molecule has 0 saturated carbocycles. The molecule has 2 aromatic carbocycles. The van der Waals surface area contributed by atoms with Crippen molar-refractivity contribution in [3.05, 3.63) is 68.8 Å². The third-order valence-electron chi connectivity index (χ3n) is 3.22. The number of rotatable bonds is 3. The molecular weight excluding hydrogens is 309 g/mol. The molecule has 1 heterocycles. The van der Waals surface area contributed by atoms with Crippen molar-refractivity contribution < 1.29 is 9.18 Å². The van der Waals surface area contributed by atoms with E-state index in [0.717, 1.165) is 11.6 Å². The fraction of sp³-hybridized carbons (Fsp3) is 0.0667. The number of fused-ring (bicyclic) bond motifs is 1. The molecule has 3 N–H and O–H groups in total. The zero-order valence-electron chi connectivity index (χ0n) is 11.2. The Bertz CT molecular complexity index is 917. The lowest BCUT2D eigenvalue weighted by Crippen LogP contribution is -2.22. The van der Waals surface area contributed by atoms with Gasteiger partial charge in [-0.2, -0.15) is 0 Å². The van der Waals surface area contributed by atoms with Gasteiger partial charge in [-0.25, -0.2) is 9.18 Å². The minimum absolute atomic E-state index is 0.0292. The van der Waals surface area contributed by atoms with Gasteiger partial charge in [-0.1, -0.05) is 17.7 Å². The topological polar surface area (TPSA) is 77.8 Å². The van der Waals surface area contributed by atoms with E-state index in [4.69, 9.17) is 11.6 Å². The van der Waals surface area contributed by atoms with Crippen LogP contribution in [0.25, 0.3) is 11.0 Å². The summed E-state index contributed by atoms with van der Waals surface area (Å²) in [6, 6.07) is 9.17. The number of aromatic amines is 2. The molecule has 5 nitrogen and oxygen atoms in total. The number of halogens is 2. The van der Waals surface area contributed by atoms with Crippen LogP contribution < -0.4 is 11.0 Å². The molecule has 3 aromatic rings. The number of imidazole rings is 1. The van der Waals surface area contributed by atoms with E-state index in [1.54, 1.807) is 18.2 Å². The van der Waals surface area contributed by atoms with E-state index in [2.05, 4.69) is 15.3 Å². The molecule has 1 amide bonds. The summed E-state index contributed by atoms with van der Waals surface area (Å²) in [4.78, 5) is 28.4. The van der Waals surface area contributed by atoms with Gasteiger partial charge in [-0.15, -0.1) is 0 Å². The smallest absolute Gasteiger partial charge is 0.323 e. The summed E-state index contributed by atoms with van der Waals surface area (Å²) in [5, 5.41) is 2.65. The first-order chi connectivity index (χ1) is 10.5. The second-order valence-electron chi connectivity index (χ2n) is 4.77. The molecule has 0 atom stereocenters. The van der Waals surface area contributed by atoms with Crippen LogP contribution in [0.4, 0.5) is 4.39 Å². The van der Waals surface area contributed by atoms with Crippen LogP contribution in [0, 0.1) is 5.82 Å². The van der Waals surface area contributed by atoms with Gasteiger partial charge >= 0.3 is 5.69 Å². The van der Waals surface area contributed by atoms with E-state index in [1.807, 2.05) is 0 Å². The minimum Gasteiger partial charge on any atom is -0.348 e. The van der Waals surface area contributed by atoms with Gasteiger partial charge in [0, 0.05) is 12.1 Å². The quantitative estimate of drug-likeness (QED) is 0.694. The predicted molar refractivity (Wildman–Crippen MR) is 81.5 cm³/mol. The summed E-state index contributed by atoms with van der Waals surface area (Å²) in [5.74, 6) is -1.04. The van der Waals surface area contributed by atoms with Crippen LogP contribution in [0.1, 0.15) is 15.9 Å². The Morgan fingerprint density at radius 1 is 1.14 bits per heavy atom. The van der Waals surface area contributed by atoms with Crippen molar-refractivity contribution in [1.29, 1.82) is 0 Å². The normalized spacial score (nSPS) is 10.8. The average Bonchev–Trinajstić information content (AvgIpc) is 2.86. The van der Waals surface area contributed by atoms with Crippen molar-refractivity contribution in [2.24, 2.45) is 0 Å². The first kappa shape index (κ1) is 14.3. The van der Waals surface area contributed by atoms with Gasteiger partial charge in [0.05, 0.1) is 16.1 Å². The van der Waals surface area contributed by atoms with E-state index in [1.165, 1.54) is 12.1 Å². The third kappa shape index (κ3) is 2.87. The monoisotopic (exact) mass is 319 g/mol. The highest BCUT2D eigenvalue weighted by Crippen LogP contribution is 2.16. The molecule has 1 aromatic heterocycles. The van der Waals surface area contributed by atoms with Gasteiger partial charge in [0.15, 0.2) is 0 Å². The Balaban J connectivity index is 1.73. The zero-order chi connectivity index (χ0) is 15.7. The number of H-pyrrole nitrogens is 2. The second kappa shape index (κ2) is 5.65. The summed E-state index contributed by atoms with van der Waals surface area (Å²) in [6.45, 7) is 0.256. The lowest BCUT2D eigenvalue weighted by molar-refractivity contribution is 0.0950. The van der Waals surface area contributed by atoms with E-state index in [-0.39, 0.29) is 22.8 Å². The van der Waals surface area contributed by atoms with Crippen LogP contribution in [-0.2, 0) is 6.54 Å². The predicted octanol–water partition coefficient (Wildman–Crippen LogP) is 2.58. The van der Waals surface area contributed by atoms with Crippen LogP contribution in [0.2, 0.25) is 5.02 Å². The zero-order valence-corrected chi connectivity index (χ0v) is 12.0. The van der Waals surface area contributed by atoms with Crippen molar-refractivity contribution in [2.45, 2.75) is 6.54 Å². The molecule has 22 heavy (non-hydrogen) atoms. The van der Waals surface area contributed by atoms with Crippen molar-refractivity contribution in [2.75, 3.05) is 0 Å². The molecule has 0 radical (unpaired) electrons. The second-order valence-corrected chi connectivity index (χ2v) is 5.18. The molecule has 0 aliphatic carbocycles. The Hall–Kier alpha value is -2.60. The number of hydrogen-bond acceptors (Lipinski definition) is 2. The number of benzene rings is 2. The van der Waals surface area contributed by atoms with Gasteiger partial charge in [-0.3, -0.25) is 4.79 Å². The maximum Gasteiger partial charge on any atom is 0.323 e. The molecule has 0 aliphatic heterocycles. The molecule has 0 unspecified atom stereocenters. The van der Waals surface area contributed by atoms with Crippen LogP contribution in [-0.4, -0.2) is 15.9 Å². The molecule has 3 rings (SSSR count). The maximum atomic E-state index is 13.3.